The Morgan fingerprint density at radius 2 is 0.857 bits per heavy atom. The van der Waals surface area contributed by atoms with Crippen molar-refractivity contribution in [2.24, 2.45) is 0 Å². The highest BCUT2D eigenvalue weighted by atomic mass is 32.3. The summed E-state index contributed by atoms with van der Waals surface area (Å²) in [5.74, 6) is -0.343. The molecule has 0 spiro atoms. The van der Waals surface area contributed by atoms with Crippen molar-refractivity contribution in [1.29, 1.82) is 0 Å². The van der Waals surface area contributed by atoms with Gasteiger partial charge in [0.1, 0.15) is 19.4 Å². The van der Waals surface area contributed by atoms with Gasteiger partial charge in [-0.05, 0) is 77.6 Å². The van der Waals surface area contributed by atoms with Gasteiger partial charge in [-0.2, -0.15) is 8.42 Å². The molecular weight excluding hydrogens is 731 g/mol. The van der Waals surface area contributed by atoms with E-state index in [4.69, 9.17) is 14.0 Å². The molecule has 11 heteroatoms. The molecule has 0 aliphatic rings. The van der Waals surface area contributed by atoms with Gasteiger partial charge in [-0.15, -0.1) is 0 Å². The minimum atomic E-state index is -4.17. The molecule has 0 aromatic heterocycles. The fourth-order valence-corrected chi connectivity index (χ4v) is 6.49. The Hall–Kier alpha value is -1.79. The lowest BCUT2D eigenvalue weighted by Gasteiger charge is -2.26. The Morgan fingerprint density at radius 3 is 1.14 bits per heavy atom. The molecule has 0 radical (unpaired) electrons. The van der Waals surface area contributed by atoms with Crippen LogP contribution in [0.25, 0.3) is 0 Å². The predicted octanol–water partition coefficient (Wildman–Crippen LogP) is 12.0. The third kappa shape index (κ3) is 46.6. The molecule has 0 amide bonds. The van der Waals surface area contributed by atoms with Crippen LogP contribution in [0.1, 0.15) is 214 Å². The molecule has 0 rings (SSSR count). The van der Waals surface area contributed by atoms with Crippen LogP contribution in [-0.2, 0) is 33.6 Å². The first-order valence-corrected chi connectivity index (χ1v) is 24.1. The standard InChI is InChI=1S/C43H81NO5.C2H6O4S/c1-4-7-9-11-13-15-17-19-21-23-25-27-29-31-33-35-42(46)48-39-37-44(41(45)6-3)38-40-49-43(47)36-34-32-30-28-26-24-22-20-18-16-14-12-10-8-5-2;1-2-6-7(3,4)5/h19-22,41,45H,4-18,23-40H2,1-3H3;2H2,1H3,(H,3,4,5)/b21-19-,22-20-;. The smallest absolute Gasteiger partial charge is 0.397 e. The molecule has 332 valence electrons. The maximum Gasteiger partial charge on any atom is 0.397 e. The molecule has 0 saturated carbocycles. The van der Waals surface area contributed by atoms with Crippen LogP contribution < -0.4 is 0 Å². The van der Waals surface area contributed by atoms with E-state index in [2.05, 4.69) is 42.3 Å². The molecule has 10 nitrogen and oxygen atoms in total. The van der Waals surface area contributed by atoms with Gasteiger partial charge >= 0.3 is 22.3 Å². The second-order valence-electron chi connectivity index (χ2n) is 14.9. The third-order valence-corrected chi connectivity index (χ3v) is 10.2. The third-order valence-electron chi connectivity index (χ3n) is 9.62. The van der Waals surface area contributed by atoms with Crippen molar-refractivity contribution in [3.05, 3.63) is 24.3 Å². The number of carbonyl (C=O) groups excluding carboxylic acids is 2. The summed E-state index contributed by atoms with van der Waals surface area (Å²) in [6.45, 7) is 9.21. The molecule has 1 unspecified atom stereocenters. The number of hydrogen-bond acceptors (Lipinski definition) is 9. The van der Waals surface area contributed by atoms with E-state index in [9.17, 15) is 23.1 Å². The normalized spacial score (nSPS) is 12.3. The minimum Gasteiger partial charge on any atom is -0.464 e. The van der Waals surface area contributed by atoms with Crippen molar-refractivity contribution in [1.82, 2.24) is 4.90 Å². The maximum atomic E-state index is 12.2. The number of carbonyl (C=O) groups is 2. The molecule has 0 saturated heterocycles. The first kappa shape index (κ1) is 56.3. The molecule has 0 bridgehead atoms. The van der Waals surface area contributed by atoms with E-state index in [0.717, 1.165) is 51.4 Å². The van der Waals surface area contributed by atoms with Crippen LogP contribution in [-0.4, -0.2) is 74.1 Å². The van der Waals surface area contributed by atoms with E-state index >= 15 is 0 Å². The fraction of sp³-hybridized carbons (Fsp3) is 0.867. The number of hydrogen-bond donors (Lipinski definition) is 2. The van der Waals surface area contributed by atoms with Crippen LogP contribution in [0, 0.1) is 0 Å². The fourth-order valence-electron chi connectivity index (χ4n) is 6.19. The molecule has 1 atom stereocenters. The Bertz CT molecular complexity index is 961. The monoisotopic (exact) mass is 818 g/mol. The van der Waals surface area contributed by atoms with Crippen molar-refractivity contribution in [2.45, 2.75) is 220 Å². The summed E-state index contributed by atoms with van der Waals surface area (Å²) in [5, 5.41) is 10.4. The summed E-state index contributed by atoms with van der Waals surface area (Å²) in [6, 6.07) is 0. The second kappa shape index (κ2) is 44.3. The lowest BCUT2D eigenvalue weighted by Crippen LogP contribution is -2.40. The molecule has 0 aromatic rings. The molecule has 56 heavy (non-hydrogen) atoms. The lowest BCUT2D eigenvalue weighted by molar-refractivity contribution is -0.146. The number of aliphatic hydroxyl groups is 1. The molecule has 0 aliphatic heterocycles. The Morgan fingerprint density at radius 1 is 0.536 bits per heavy atom. The second-order valence-corrected chi connectivity index (χ2v) is 16.0. The molecule has 0 aromatic carbocycles. The van der Waals surface area contributed by atoms with Gasteiger partial charge in [0.05, 0.1) is 6.61 Å². The topological polar surface area (TPSA) is 140 Å². The summed E-state index contributed by atoms with van der Waals surface area (Å²) >= 11 is 0. The van der Waals surface area contributed by atoms with Crippen LogP contribution in [0.2, 0.25) is 0 Å². The molecule has 0 fully saturated rings. The van der Waals surface area contributed by atoms with E-state index in [1.165, 1.54) is 122 Å². The SMILES string of the molecule is CCCCCCCC/C=C\CCCCCCCC(=O)OCCN(CCOC(=O)CCCCCCC/C=C\CCCCCCCC)C(O)CC.CCOS(=O)(=O)O. The average Bonchev–Trinajstić information content (AvgIpc) is 3.16. The summed E-state index contributed by atoms with van der Waals surface area (Å²) in [7, 11) is -4.17. The van der Waals surface area contributed by atoms with Gasteiger partial charge in [0.25, 0.3) is 0 Å². The van der Waals surface area contributed by atoms with Crippen molar-refractivity contribution in [3.63, 3.8) is 0 Å². The largest absolute Gasteiger partial charge is 0.464 e. The van der Waals surface area contributed by atoms with Gasteiger partial charge in [0, 0.05) is 25.9 Å². The van der Waals surface area contributed by atoms with E-state index in [0.29, 0.717) is 32.4 Å². The minimum absolute atomic E-state index is 0.0289. The van der Waals surface area contributed by atoms with Crippen LogP contribution >= 0.6 is 0 Å². The summed E-state index contributed by atoms with van der Waals surface area (Å²) in [5.41, 5.74) is 0. The molecule has 0 heterocycles. The number of unbranched alkanes of at least 4 members (excludes halogenated alkanes) is 22. The van der Waals surface area contributed by atoms with Crippen LogP contribution in [0.3, 0.4) is 0 Å². The zero-order chi connectivity index (χ0) is 41.8. The van der Waals surface area contributed by atoms with Gasteiger partial charge in [-0.25, -0.2) is 4.18 Å². The van der Waals surface area contributed by atoms with Crippen LogP contribution in [0.4, 0.5) is 0 Å². The summed E-state index contributed by atoms with van der Waals surface area (Å²) in [6.07, 6.45) is 42.2. The Labute approximate surface area is 344 Å². The molecule has 0 aliphatic carbocycles. The van der Waals surface area contributed by atoms with Gasteiger partial charge in [0.15, 0.2) is 0 Å². The van der Waals surface area contributed by atoms with Gasteiger partial charge in [-0.1, -0.05) is 148 Å². The number of ether oxygens (including phenoxy) is 2. The van der Waals surface area contributed by atoms with Crippen molar-refractivity contribution < 1.29 is 41.3 Å². The van der Waals surface area contributed by atoms with E-state index in [-0.39, 0.29) is 31.8 Å². The highest BCUT2D eigenvalue weighted by Gasteiger charge is 2.15. The zero-order valence-electron chi connectivity index (χ0n) is 36.5. The number of aliphatic hydroxyl groups excluding tert-OH is 1. The van der Waals surface area contributed by atoms with E-state index in [1.54, 1.807) is 0 Å². The summed E-state index contributed by atoms with van der Waals surface area (Å²) in [4.78, 5) is 26.2. The highest BCUT2D eigenvalue weighted by Crippen LogP contribution is 2.12. The number of esters is 2. The van der Waals surface area contributed by atoms with Crippen molar-refractivity contribution in [2.75, 3.05) is 32.9 Å². The highest BCUT2D eigenvalue weighted by molar-refractivity contribution is 7.80. The Kier molecular flexibility index (Phi) is 44.6. The van der Waals surface area contributed by atoms with Crippen molar-refractivity contribution >= 4 is 22.3 Å². The van der Waals surface area contributed by atoms with Gasteiger partial charge in [0.2, 0.25) is 0 Å². The molecule has 2 N–H and O–H groups in total. The van der Waals surface area contributed by atoms with E-state index in [1.807, 2.05) is 11.8 Å². The number of allylic oxidation sites excluding steroid dienone is 4. The average molecular weight is 818 g/mol. The first-order chi connectivity index (χ1) is 27.1. The maximum absolute atomic E-state index is 12.2. The van der Waals surface area contributed by atoms with Crippen LogP contribution in [0.5, 0.6) is 0 Å². The van der Waals surface area contributed by atoms with Crippen molar-refractivity contribution in [3.8, 4) is 0 Å². The first-order valence-electron chi connectivity index (χ1n) is 22.8. The predicted molar refractivity (Wildman–Crippen MR) is 232 cm³/mol. The van der Waals surface area contributed by atoms with Gasteiger partial charge in [-0.3, -0.25) is 19.0 Å². The van der Waals surface area contributed by atoms with Crippen LogP contribution in [0.15, 0.2) is 24.3 Å². The van der Waals surface area contributed by atoms with Gasteiger partial charge < -0.3 is 14.6 Å². The van der Waals surface area contributed by atoms with E-state index < -0.39 is 16.6 Å². The molecular formula is C45H87NO9S. The lowest BCUT2D eigenvalue weighted by atomic mass is 10.1. The summed E-state index contributed by atoms with van der Waals surface area (Å²) < 4.78 is 41.5. The Balaban J connectivity index is 0. The quantitative estimate of drug-likeness (QED) is 0.0202. The number of nitrogens with zero attached hydrogens (tertiary/aromatic N) is 1. The zero-order valence-corrected chi connectivity index (χ0v) is 37.4. The number of rotatable bonds is 40.